The lowest BCUT2D eigenvalue weighted by molar-refractivity contribution is 0.287. The number of nitrogens with one attached hydrogen (secondary N) is 1. The van der Waals surface area contributed by atoms with Gasteiger partial charge in [0.2, 0.25) is 0 Å². The van der Waals surface area contributed by atoms with Crippen molar-refractivity contribution in [2.24, 2.45) is 5.73 Å². The van der Waals surface area contributed by atoms with Gasteiger partial charge in [0.15, 0.2) is 0 Å². The summed E-state index contributed by atoms with van der Waals surface area (Å²) in [7, 11) is 1.65. The third-order valence-corrected chi connectivity index (χ3v) is 3.76. The standard InChI is InChI=1S/C16H17ClN2O2/c1-20-13-4-2-10(3-5-13)14-6-11(17)7-15-16(14)19-12(8-18)9-21-15/h2-7,12,19H,8-9,18H2,1H3. The average molecular weight is 305 g/mol. The number of nitrogens with two attached hydrogens (primary N) is 1. The van der Waals surface area contributed by atoms with Gasteiger partial charge in [-0.15, -0.1) is 0 Å². The van der Waals surface area contributed by atoms with Crippen LogP contribution in [-0.2, 0) is 0 Å². The van der Waals surface area contributed by atoms with E-state index in [1.807, 2.05) is 36.4 Å². The molecule has 0 saturated heterocycles. The second-order valence-corrected chi connectivity index (χ2v) is 5.38. The van der Waals surface area contributed by atoms with Crippen LogP contribution in [0.1, 0.15) is 0 Å². The maximum atomic E-state index is 6.20. The maximum absolute atomic E-state index is 6.20. The fourth-order valence-electron chi connectivity index (χ4n) is 2.41. The van der Waals surface area contributed by atoms with Gasteiger partial charge in [0.05, 0.1) is 18.8 Å². The molecule has 1 aliphatic rings. The normalized spacial score (nSPS) is 16.6. The minimum atomic E-state index is 0.107. The monoisotopic (exact) mass is 304 g/mol. The summed E-state index contributed by atoms with van der Waals surface area (Å²) in [5.74, 6) is 1.58. The minimum absolute atomic E-state index is 0.107. The lowest BCUT2D eigenvalue weighted by atomic mass is 10.0. The molecule has 0 bridgehead atoms. The lowest BCUT2D eigenvalue weighted by Gasteiger charge is -2.28. The number of fused-ring (bicyclic) bond motifs is 1. The van der Waals surface area contributed by atoms with Gasteiger partial charge in [-0.1, -0.05) is 23.7 Å². The number of halogens is 1. The van der Waals surface area contributed by atoms with Crippen molar-refractivity contribution in [3.8, 4) is 22.6 Å². The van der Waals surface area contributed by atoms with E-state index >= 15 is 0 Å². The van der Waals surface area contributed by atoms with Crippen LogP contribution in [0.15, 0.2) is 36.4 Å². The highest BCUT2D eigenvalue weighted by molar-refractivity contribution is 6.31. The number of anilines is 1. The van der Waals surface area contributed by atoms with Crippen LogP contribution in [0.2, 0.25) is 5.02 Å². The molecule has 1 unspecified atom stereocenters. The molecule has 0 radical (unpaired) electrons. The van der Waals surface area contributed by atoms with Gasteiger partial charge in [0.1, 0.15) is 18.1 Å². The zero-order valence-electron chi connectivity index (χ0n) is 11.7. The number of methoxy groups -OCH3 is 1. The molecule has 2 aromatic carbocycles. The van der Waals surface area contributed by atoms with Crippen LogP contribution in [0.25, 0.3) is 11.1 Å². The van der Waals surface area contributed by atoms with E-state index in [4.69, 9.17) is 26.8 Å². The summed E-state index contributed by atoms with van der Waals surface area (Å²) in [6.07, 6.45) is 0. The van der Waals surface area contributed by atoms with Crippen molar-refractivity contribution in [3.63, 3.8) is 0 Å². The number of rotatable bonds is 3. The molecule has 1 atom stereocenters. The van der Waals surface area contributed by atoms with Crippen molar-refractivity contribution in [1.29, 1.82) is 0 Å². The van der Waals surface area contributed by atoms with Crippen LogP contribution >= 0.6 is 11.6 Å². The summed E-state index contributed by atoms with van der Waals surface area (Å²) < 4.78 is 11.0. The van der Waals surface area contributed by atoms with Gasteiger partial charge in [-0.25, -0.2) is 0 Å². The molecule has 0 amide bonds. The molecule has 4 nitrogen and oxygen atoms in total. The Labute approximate surface area is 128 Å². The number of hydrogen-bond acceptors (Lipinski definition) is 4. The van der Waals surface area contributed by atoms with Gasteiger partial charge in [-0.2, -0.15) is 0 Å². The molecular weight excluding hydrogens is 288 g/mol. The molecular formula is C16H17ClN2O2. The van der Waals surface area contributed by atoms with Gasteiger partial charge < -0.3 is 20.5 Å². The average Bonchev–Trinajstić information content (AvgIpc) is 2.53. The van der Waals surface area contributed by atoms with Gasteiger partial charge in [0, 0.05) is 23.2 Å². The predicted octanol–water partition coefficient (Wildman–Crippen LogP) is 3.15. The molecule has 0 aromatic heterocycles. The summed E-state index contributed by atoms with van der Waals surface area (Å²) >= 11 is 6.20. The highest BCUT2D eigenvalue weighted by Crippen LogP contribution is 2.41. The van der Waals surface area contributed by atoms with Gasteiger partial charge in [-0.05, 0) is 23.8 Å². The van der Waals surface area contributed by atoms with E-state index in [9.17, 15) is 0 Å². The van der Waals surface area contributed by atoms with Crippen LogP contribution in [-0.4, -0.2) is 26.3 Å². The Morgan fingerprint density at radius 1 is 1.33 bits per heavy atom. The predicted molar refractivity (Wildman–Crippen MR) is 85.4 cm³/mol. The van der Waals surface area contributed by atoms with E-state index < -0.39 is 0 Å². The third-order valence-electron chi connectivity index (χ3n) is 3.54. The van der Waals surface area contributed by atoms with Crippen LogP contribution in [0.3, 0.4) is 0 Å². The quantitative estimate of drug-likeness (QED) is 0.914. The highest BCUT2D eigenvalue weighted by atomic mass is 35.5. The zero-order chi connectivity index (χ0) is 14.8. The molecule has 0 spiro atoms. The lowest BCUT2D eigenvalue weighted by Crippen LogP contribution is -2.37. The Kier molecular flexibility index (Phi) is 3.90. The van der Waals surface area contributed by atoms with Crippen LogP contribution in [0.4, 0.5) is 5.69 Å². The molecule has 0 saturated carbocycles. The molecule has 2 aromatic rings. The highest BCUT2D eigenvalue weighted by Gasteiger charge is 2.22. The van der Waals surface area contributed by atoms with E-state index in [2.05, 4.69) is 5.32 Å². The summed E-state index contributed by atoms with van der Waals surface area (Å²) in [6.45, 7) is 1.07. The van der Waals surface area contributed by atoms with E-state index in [0.29, 0.717) is 18.2 Å². The fourth-order valence-corrected chi connectivity index (χ4v) is 2.61. The van der Waals surface area contributed by atoms with E-state index in [0.717, 1.165) is 28.3 Å². The first-order valence-corrected chi connectivity index (χ1v) is 7.16. The Balaban J connectivity index is 2.06. The SMILES string of the molecule is COc1ccc(-c2cc(Cl)cc3c2NC(CN)CO3)cc1. The summed E-state index contributed by atoms with van der Waals surface area (Å²) in [6, 6.07) is 11.7. The Morgan fingerprint density at radius 3 is 2.76 bits per heavy atom. The first-order chi connectivity index (χ1) is 10.2. The third kappa shape index (κ3) is 2.77. The van der Waals surface area contributed by atoms with Crippen LogP contribution < -0.4 is 20.5 Å². The Bertz CT molecular complexity index is 643. The Hall–Kier alpha value is -1.91. The van der Waals surface area contributed by atoms with Crippen molar-refractivity contribution in [1.82, 2.24) is 0 Å². The van der Waals surface area contributed by atoms with Crippen LogP contribution in [0.5, 0.6) is 11.5 Å². The number of ether oxygens (including phenoxy) is 2. The summed E-state index contributed by atoms with van der Waals surface area (Å²) in [5.41, 5.74) is 8.71. The molecule has 21 heavy (non-hydrogen) atoms. The largest absolute Gasteiger partial charge is 0.497 e. The fraction of sp³-hybridized carbons (Fsp3) is 0.250. The van der Waals surface area contributed by atoms with Crippen molar-refractivity contribution in [3.05, 3.63) is 41.4 Å². The van der Waals surface area contributed by atoms with Crippen LogP contribution in [0, 0.1) is 0 Å². The van der Waals surface area contributed by atoms with Crippen molar-refractivity contribution >= 4 is 17.3 Å². The smallest absolute Gasteiger partial charge is 0.144 e. The minimum Gasteiger partial charge on any atom is -0.497 e. The topological polar surface area (TPSA) is 56.5 Å². The molecule has 3 N–H and O–H groups in total. The maximum Gasteiger partial charge on any atom is 0.144 e. The molecule has 1 heterocycles. The first-order valence-electron chi connectivity index (χ1n) is 6.78. The van der Waals surface area contributed by atoms with E-state index in [-0.39, 0.29) is 6.04 Å². The first kappa shape index (κ1) is 14.0. The summed E-state index contributed by atoms with van der Waals surface area (Å²) in [5, 5.41) is 4.08. The molecule has 5 heteroatoms. The second kappa shape index (κ2) is 5.84. The summed E-state index contributed by atoms with van der Waals surface area (Å²) in [4.78, 5) is 0. The second-order valence-electron chi connectivity index (χ2n) is 4.94. The molecule has 110 valence electrons. The number of benzene rings is 2. The zero-order valence-corrected chi connectivity index (χ0v) is 12.5. The van der Waals surface area contributed by atoms with Gasteiger partial charge >= 0.3 is 0 Å². The van der Waals surface area contributed by atoms with E-state index in [1.54, 1.807) is 7.11 Å². The van der Waals surface area contributed by atoms with Gasteiger partial charge in [0.25, 0.3) is 0 Å². The molecule has 3 rings (SSSR count). The van der Waals surface area contributed by atoms with Crippen molar-refractivity contribution in [2.75, 3.05) is 25.6 Å². The molecule has 0 aliphatic carbocycles. The van der Waals surface area contributed by atoms with Crippen molar-refractivity contribution in [2.45, 2.75) is 6.04 Å². The van der Waals surface area contributed by atoms with E-state index in [1.165, 1.54) is 0 Å². The Morgan fingerprint density at radius 2 is 2.10 bits per heavy atom. The molecule has 1 aliphatic heterocycles. The number of hydrogen-bond donors (Lipinski definition) is 2. The van der Waals surface area contributed by atoms with Crippen molar-refractivity contribution < 1.29 is 9.47 Å². The van der Waals surface area contributed by atoms with Gasteiger partial charge in [-0.3, -0.25) is 0 Å². The molecule has 0 fully saturated rings.